The van der Waals surface area contributed by atoms with Crippen molar-refractivity contribution < 1.29 is 23.4 Å². The van der Waals surface area contributed by atoms with Crippen LogP contribution in [0.5, 0.6) is 0 Å². The van der Waals surface area contributed by atoms with Gasteiger partial charge in [-0.2, -0.15) is 4.31 Å². The Morgan fingerprint density at radius 1 is 1.29 bits per heavy atom. The normalized spacial score (nSPS) is 12.0. The van der Waals surface area contributed by atoms with Crippen molar-refractivity contribution in [3.8, 4) is 0 Å². The first-order chi connectivity index (χ1) is 9.77. The van der Waals surface area contributed by atoms with Gasteiger partial charge in [-0.1, -0.05) is 13.3 Å². The number of carboxylic acid groups (broad SMARTS) is 1. The Kier molecular flexibility index (Phi) is 5.94. The van der Waals surface area contributed by atoms with E-state index in [0.29, 0.717) is 18.7 Å². The van der Waals surface area contributed by atoms with Gasteiger partial charge in [-0.15, -0.1) is 0 Å². The number of carboxylic acids is 1. The van der Waals surface area contributed by atoms with E-state index in [-0.39, 0.29) is 29.3 Å². The van der Waals surface area contributed by atoms with E-state index in [9.17, 15) is 13.2 Å². The summed E-state index contributed by atoms with van der Waals surface area (Å²) in [4.78, 5) is 13.7. The van der Waals surface area contributed by atoms with E-state index in [0.717, 1.165) is 6.42 Å². The van der Waals surface area contributed by atoms with Crippen LogP contribution in [0.4, 0.5) is 0 Å². The lowest BCUT2D eigenvalue weighted by atomic mass is 10.2. The van der Waals surface area contributed by atoms with Crippen LogP contribution in [0.2, 0.25) is 0 Å². The molecule has 0 amide bonds. The van der Waals surface area contributed by atoms with Crippen molar-refractivity contribution in [3.63, 3.8) is 0 Å². The van der Waals surface area contributed by atoms with E-state index in [4.69, 9.17) is 10.2 Å². The second kappa shape index (κ2) is 7.06. The van der Waals surface area contributed by atoms with Gasteiger partial charge >= 0.3 is 5.97 Å². The molecule has 0 fully saturated rings. The average Bonchev–Trinajstić information content (AvgIpc) is 2.70. The number of H-pyrrole nitrogens is 1. The summed E-state index contributed by atoms with van der Waals surface area (Å²) in [5, 5.41) is 18.1. The fraction of sp³-hybridized carbons (Fsp3) is 0.615. The number of hydrogen-bond acceptors (Lipinski definition) is 4. The third-order valence-electron chi connectivity index (χ3n) is 3.29. The van der Waals surface area contributed by atoms with Crippen LogP contribution in [-0.2, 0) is 10.0 Å². The van der Waals surface area contributed by atoms with Gasteiger partial charge in [-0.05, 0) is 20.3 Å². The molecule has 0 aliphatic carbocycles. The van der Waals surface area contributed by atoms with E-state index < -0.39 is 16.0 Å². The van der Waals surface area contributed by atoms with Crippen molar-refractivity contribution in [1.82, 2.24) is 9.29 Å². The molecule has 0 saturated carbocycles. The summed E-state index contributed by atoms with van der Waals surface area (Å²) in [5.74, 6) is -1.20. The zero-order chi connectivity index (χ0) is 16.2. The lowest BCUT2D eigenvalue weighted by molar-refractivity contribution is 0.0690. The number of hydrogen-bond donors (Lipinski definition) is 3. The molecule has 0 atom stereocenters. The van der Waals surface area contributed by atoms with Crippen LogP contribution in [-0.4, -0.2) is 53.6 Å². The van der Waals surface area contributed by atoms with Crippen molar-refractivity contribution in [2.75, 3.05) is 19.7 Å². The maximum Gasteiger partial charge on any atom is 0.352 e. The SMILES string of the molecule is CCCCN(CCO)S(=O)(=O)c1c(C)[nH]c(C(=O)O)c1C. The molecule has 0 bridgehead atoms. The number of rotatable bonds is 8. The third-order valence-corrected chi connectivity index (χ3v) is 5.46. The molecule has 1 rings (SSSR count). The third kappa shape index (κ3) is 3.63. The van der Waals surface area contributed by atoms with E-state index in [1.807, 2.05) is 6.92 Å². The molecule has 1 aromatic rings. The Morgan fingerprint density at radius 3 is 2.33 bits per heavy atom. The predicted octanol–water partition coefficient (Wildman–Crippen LogP) is 1.11. The smallest absolute Gasteiger partial charge is 0.352 e. The molecule has 8 heteroatoms. The first kappa shape index (κ1) is 17.7. The molecule has 0 aromatic carbocycles. The number of unbranched alkanes of at least 4 members (excludes halogenated alkanes) is 1. The first-order valence-electron chi connectivity index (χ1n) is 6.80. The summed E-state index contributed by atoms with van der Waals surface area (Å²) in [5.41, 5.74) is 0.370. The molecule has 0 aliphatic heterocycles. The highest BCUT2D eigenvalue weighted by atomic mass is 32.2. The van der Waals surface area contributed by atoms with Crippen molar-refractivity contribution in [2.45, 2.75) is 38.5 Å². The quantitative estimate of drug-likeness (QED) is 0.665. The number of aromatic carboxylic acids is 1. The number of carbonyl (C=O) groups is 1. The van der Waals surface area contributed by atoms with Crippen LogP contribution < -0.4 is 0 Å². The molecule has 3 N–H and O–H groups in total. The molecule has 21 heavy (non-hydrogen) atoms. The molecular weight excluding hydrogens is 296 g/mol. The lowest BCUT2D eigenvalue weighted by Gasteiger charge is -2.21. The standard InChI is InChI=1S/C13H22N2O5S/c1-4-5-6-15(7-8-16)21(19,20)12-9(2)11(13(17)18)14-10(12)3/h14,16H,4-8H2,1-3H3,(H,17,18). The summed E-state index contributed by atoms with van der Waals surface area (Å²) in [6, 6.07) is 0. The number of nitrogens with one attached hydrogen (secondary N) is 1. The topological polar surface area (TPSA) is 111 Å². The van der Waals surface area contributed by atoms with Crippen LogP contribution in [0.15, 0.2) is 4.90 Å². The van der Waals surface area contributed by atoms with Gasteiger partial charge in [-0.25, -0.2) is 13.2 Å². The highest BCUT2D eigenvalue weighted by Gasteiger charge is 2.31. The number of nitrogens with zero attached hydrogens (tertiary/aromatic N) is 1. The molecule has 120 valence electrons. The van der Waals surface area contributed by atoms with Crippen LogP contribution in [0.1, 0.15) is 41.5 Å². The molecule has 0 unspecified atom stereocenters. The van der Waals surface area contributed by atoms with E-state index >= 15 is 0 Å². The second-order valence-electron chi connectivity index (χ2n) is 4.87. The predicted molar refractivity (Wildman–Crippen MR) is 78.0 cm³/mol. The minimum Gasteiger partial charge on any atom is -0.477 e. The van der Waals surface area contributed by atoms with Crippen LogP contribution in [0.3, 0.4) is 0 Å². The Balaban J connectivity index is 3.31. The van der Waals surface area contributed by atoms with Gasteiger partial charge in [-0.3, -0.25) is 0 Å². The van der Waals surface area contributed by atoms with Crippen LogP contribution in [0.25, 0.3) is 0 Å². The number of aliphatic hydroxyl groups excluding tert-OH is 1. The zero-order valence-electron chi connectivity index (χ0n) is 12.5. The first-order valence-corrected chi connectivity index (χ1v) is 8.24. The van der Waals surface area contributed by atoms with Crippen molar-refractivity contribution in [1.29, 1.82) is 0 Å². The molecule has 0 saturated heterocycles. The Morgan fingerprint density at radius 2 is 1.90 bits per heavy atom. The summed E-state index contributed by atoms with van der Waals surface area (Å²) < 4.78 is 26.6. The van der Waals surface area contributed by atoms with Gasteiger partial charge in [0.15, 0.2) is 0 Å². The number of aliphatic hydroxyl groups is 1. The molecular formula is C13H22N2O5S. The van der Waals surface area contributed by atoms with Crippen molar-refractivity contribution >= 4 is 16.0 Å². The van der Waals surface area contributed by atoms with Gasteiger partial charge in [0.1, 0.15) is 10.6 Å². The van der Waals surface area contributed by atoms with Crippen molar-refractivity contribution in [2.24, 2.45) is 0 Å². The highest BCUT2D eigenvalue weighted by molar-refractivity contribution is 7.89. The molecule has 0 radical (unpaired) electrons. The molecule has 0 spiro atoms. The maximum atomic E-state index is 12.7. The lowest BCUT2D eigenvalue weighted by Crippen LogP contribution is -2.35. The van der Waals surface area contributed by atoms with Crippen LogP contribution in [0, 0.1) is 13.8 Å². The average molecular weight is 318 g/mol. The molecule has 1 aromatic heterocycles. The zero-order valence-corrected chi connectivity index (χ0v) is 13.3. The van der Waals surface area contributed by atoms with E-state index in [1.165, 1.54) is 18.2 Å². The largest absolute Gasteiger partial charge is 0.477 e. The van der Waals surface area contributed by atoms with Gasteiger partial charge < -0.3 is 15.2 Å². The number of aromatic nitrogens is 1. The number of aromatic amines is 1. The minimum absolute atomic E-state index is 0.00516. The number of aryl methyl sites for hydroxylation is 1. The molecule has 0 aliphatic rings. The monoisotopic (exact) mass is 318 g/mol. The van der Waals surface area contributed by atoms with E-state index in [2.05, 4.69) is 4.98 Å². The highest BCUT2D eigenvalue weighted by Crippen LogP contribution is 2.26. The number of sulfonamides is 1. The minimum atomic E-state index is -3.83. The van der Waals surface area contributed by atoms with Gasteiger partial charge in [0.05, 0.1) is 6.61 Å². The summed E-state index contributed by atoms with van der Waals surface area (Å²) in [6.45, 7) is 4.96. The maximum absolute atomic E-state index is 12.7. The fourth-order valence-corrected chi connectivity index (χ4v) is 4.14. The van der Waals surface area contributed by atoms with Crippen LogP contribution >= 0.6 is 0 Å². The Bertz CT molecular complexity index is 606. The van der Waals surface area contributed by atoms with Gasteiger partial charge in [0.25, 0.3) is 0 Å². The summed E-state index contributed by atoms with van der Waals surface area (Å²) in [7, 11) is -3.83. The summed E-state index contributed by atoms with van der Waals surface area (Å²) >= 11 is 0. The Hall–Kier alpha value is -1.38. The summed E-state index contributed by atoms with van der Waals surface area (Å²) in [6.07, 6.45) is 1.50. The second-order valence-corrected chi connectivity index (χ2v) is 6.74. The van der Waals surface area contributed by atoms with Crippen molar-refractivity contribution in [3.05, 3.63) is 17.0 Å². The fourth-order valence-electron chi connectivity index (χ4n) is 2.26. The van der Waals surface area contributed by atoms with Gasteiger partial charge in [0, 0.05) is 24.3 Å². The Labute approximate surface area is 124 Å². The molecule has 1 heterocycles. The molecule has 7 nitrogen and oxygen atoms in total. The van der Waals surface area contributed by atoms with Gasteiger partial charge in [0.2, 0.25) is 10.0 Å². The van der Waals surface area contributed by atoms with E-state index in [1.54, 1.807) is 0 Å².